The van der Waals surface area contributed by atoms with Gasteiger partial charge in [-0.05, 0) is 32.9 Å². The van der Waals surface area contributed by atoms with E-state index in [-0.39, 0.29) is 11.9 Å². The molecule has 1 rings (SSSR count). The van der Waals surface area contributed by atoms with Crippen molar-refractivity contribution >= 4 is 5.97 Å². The van der Waals surface area contributed by atoms with E-state index in [9.17, 15) is 4.79 Å². The summed E-state index contributed by atoms with van der Waals surface area (Å²) in [5.74, 6) is -0.00351. The number of hydrogen-bond acceptors (Lipinski definition) is 4. The molecule has 0 N–H and O–H groups in total. The zero-order valence-corrected chi connectivity index (χ0v) is 11.4. The van der Waals surface area contributed by atoms with Crippen molar-refractivity contribution in [3.8, 4) is 0 Å². The Morgan fingerprint density at radius 2 is 1.65 bits per heavy atom. The van der Waals surface area contributed by atoms with Gasteiger partial charge in [-0.15, -0.1) is 0 Å². The standard InChI is InChI=1S/C13H26N2O2/c1-4-7-14-9-12(13(16)17-6-3)10-15(11-14)8-5-2/h12H,4-11H2,1-3H3. The molecule has 0 aromatic heterocycles. The van der Waals surface area contributed by atoms with E-state index in [2.05, 4.69) is 23.6 Å². The van der Waals surface area contributed by atoms with Crippen molar-refractivity contribution in [3.05, 3.63) is 0 Å². The molecule has 1 heterocycles. The molecule has 1 saturated heterocycles. The van der Waals surface area contributed by atoms with Gasteiger partial charge in [-0.3, -0.25) is 14.6 Å². The second-order valence-corrected chi connectivity index (χ2v) is 4.74. The van der Waals surface area contributed by atoms with Crippen LogP contribution in [-0.2, 0) is 9.53 Å². The minimum Gasteiger partial charge on any atom is -0.466 e. The van der Waals surface area contributed by atoms with Crippen molar-refractivity contribution in [3.63, 3.8) is 0 Å². The highest BCUT2D eigenvalue weighted by Gasteiger charge is 2.30. The molecule has 1 fully saturated rings. The van der Waals surface area contributed by atoms with Crippen molar-refractivity contribution in [1.82, 2.24) is 9.80 Å². The number of hydrogen-bond donors (Lipinski definition) is 0. The van der Waals surface area contributed by atoms with Crippen molar-refractivity contribution in [2.45, 2.75) is 33.6 Å². The third-order valence-electron chi connectivity index (χ3n) is 3.06. The van der Waals surface area contributed by atoms with Crippen LogP contribution in [0, 0.1) is 5.92 Å². The summed E-state index contributed by atoms with van der Waals surface area (Å²) in [5.41, 5.74) is 0. The van der Waals surface area contributed by atoms with Gasteiger partial charge >= 0.3 is 5.97 Å². The lowest BCUT2D eigenvalue weighted by atomic mass is 10.1. The van der Waals surface area contributed by atoms with E-state index in [0.29, 0.717) is 6.61 Å². The first-order chi connectivity index (χ1) is 8.21. The average molecular weight is 242 g/mol. The number of nitrogens with zero attached hydrogens (tertiary/aromatic N) is 2. The molecule has 0 spiro atoms. The van der Waals surface area contributed by atoms with E-state index < -0.39 is 0 Å². The Kier molecular flexibility index (Phi) is 6.52. The number of carbonyl (C=O) groups is 1. The fourth-order valence-electron chi connectivity index (χ4n) is 2.45. The lowest BCUT2D eigenvalue weighted by Gasteiger charge is -2.39. The highest BCUT2D eigenvalue weighted by molar-refractivity contribution is 5.73. The first-order valence-electron chi connectivity index (χ1n) is 6.82. The minimum atomic E-state index is -0.0330. The van der Waals surface area contributed by atoms with Gasteiger partial charge in [-0.1, -0.05) is 13.8 Å². The molecule has 0 aromatic carbocycles. The van der Waals surface area contributed by atoms with Crippen LogP contribution >= 0.6 is 0 Å². The van der Waals surface area contributed by atoms with Crippen LogP contribution in [0.15, 0.2) is 0 Å². The summed E-state index contributed by atoms with van der Waals surface area (Å²) in [6.07, 6.45) is 2.27. The van der Waals surface area contributed by atoms with Crippen LogP contribution in [0.3, 0.4) is 0 Å². The summed E-state index contributed by atoms with van der Waals surface area (Å²) in [5, 5.41) is 0. The number of esters is 1. The number of rotatable bonds is 6. The summed E-state index contributed by atoms with van der Waals surface area (Å²) >= 11 is 0. The van der Waals surface area contributed by atoms with E-state index >= 15 is 0 Å². The molecule has 100 valence electrons. The zero-order valence-electron chi connectivity index (χ0n) is 11.4. The predicted molar refractivity (Wildman–Crippen MR) is 68.7 cm³/mol. The molecule has 1 aliphatic rings. The molecule has 0 unspecified atom stereocenters. The molecular formula is C13H26N2O2. The lowest BCUT2D eigenvalue weighted by molar-refractivity contribution is -0.151. The first-order valence-corrected chi connectivity index (χ1v) is 6.82. The molecule has 0 radical (unpaired) electrons. The molecule has 0 aliphatic carbocycles. The first kappa shape index (κ1) is 14.5. The van der Waals surface area contributed by atoms with E-state index in [4.69, 9.17) is 4.74 Å². The van der Waals surface area contributed by atoms with Crippen LogP contribution in [0.1, 0.15) is 33.6 Å². The van der Waals surface area contributed by atoms with Gasteiger partial charge in [-0.2, -0.15) is 0 Å². The summed E-state index contributed by atoms with van der Waals surface area (Å²) in [7, 11) is 0. The van der Waals surface area contributed by atoms with E-state index in [1.807, 2.05) is 6.92 Å². The zero-order chi connectivity index (χ0) is 12.7. The third kappa shape index (κ3) is 4.64. The van der Waals surface area contributed by atoms with Crippen molar-refractivity contribution in [1.29, 1.82) is 0 Å². The van der Waals surface area contributed by atoms with Crippen molar-refractivity contribution in [2.24, 2.45) is 5.92 Å². The largest absolute Gasteiger partial charge is 0.466 e. The van der Waals surface area contributed by atoms with Gasteiger partial charge in [0, 0.05) is 13.1 Å². The summed E-state index contributed by atoms with van der Waals surface area (Å²) < 4.78 is 5.14. The maximum atomic E-state index is 11.8. The smallest absolute Gasteiger partial charge is 0.311 e. The SMILES string of the molecule is CCCN1CC(C(=O)OCC)CN(CCC)C1. The highest BCUT2D eigenvalue weighted by Crippen LogP contribution is 2.14. The molecule has 0 amide bonds. The summed E-state index contributed by atoms with van der Waals surface area (Å²) in [4.78, 5) is 16.5. The molecule has 17 heavy (non-hydrogen) atoms. The Balaban J connectivity index is 2.54. The van der Waals surface area contributed by atoms with Gasteiger partial charge in [0.2, 0.25) is 0 Å². The maximum absolute atomic E-state index is 11.8. The maximum Gasteiger partial charge on any atom is 0.311 e. The molecule has 1 aliphatic heterocycles. The quantitative estimate of drug-likeness (QED) is 0.662. The Bertz CT molecular complexity index is 219. The fraction of sp³-hybridized carbons (Fsp3) is 0.923. The Morgan fingerprint density at radius 1 is 1.12 bits per heavy atom. The Labute approximate surface area is 105 Å². The van der Waals surface area contributed by atoms with Crippen LogP contribution in [0.5, 0.6) is 0 Å². The molecule has 0 atom stereocenters. The molecule has 4 nitrogen and oxygen atoms in total. The van der Waals surface area contributed by atoms with E-state index in [0.717, 1.165) is 45.7 Å². The second-order valence-electron chi connectivity index (χ2n) is 4.74. The summed E-state index contributed by atoms with van der Waals surface area (Å²) in [6, 6.07) is 0. The number of carbonyl (C=O) groups excluding carboxylic acids is 1. The van der Waals surface area contributed by atoms with Gasteiger partial charge in [0.15, 0.2) is 0 Å². The van der Waals surface area contributed by atoms with Crippen molar-refractivity contribution < 1.29 is 9.53 Å². The predicted octanol–water partition coefficient (Wildman–Crippen LogP) is 1.56. The van der Waals surface area contributed by atoms with Crippen LogP contribution in [0.2, 0.25) is 0 Å². The Hall–Kier alpha value is -0.610. The summed E-state index contributed by atoms with van der Waals surface area (Å²) in [6.45, 7) is 11.5. The van der Waals surface area contributed by atoms with Gasteiger partial charge in [0.25, 0.3) is 0 Å². The van der Waals surface area contributed by atoms with Gasteiger partial charge < -0.3 is 4.74 Å². The van der Waals surface area contributed by atoms with E-state index in [1.54, 1.807) is 0 Å². The lowest BCUT2D eigenvalue weighted by Crippen LogP contribution is -2.52. The average Bonchev–Trinajstić information content (AvgIpc) is 2.30. The van der Waals surface area contributed by atoms with Crippen LogP contribution in [0.4, 0.5) is 0 Å². The molecule has 0 aromatic rings. The van der Waals surface area contributed by atoms with Gasteiger partial charge in [-0.25, -0.2) is 0 Å². The normalized spacial score (nSPS) is 19.5. The van der Waals surface area contributed by atoms with Crippen LogP contribution in [0.25, 0.3) is 0 Å². The van der Waals surface area contributed by atoms with Crippen LogP contribution < -0.4 is 0 Å². The van der Waals surface area contributed by atoms with Crippen LogP contribution in [-0.4, -0.2) is 55.2 Å². The minimum absolute atomic E-state index is 0.0294. The molecule has 0 saturated carbocycles. The second kappa shape index (κ2) is 7.67. The fourth-order valence-corrected chi connectivity index (χ4v) is 2.45. The number of ether oxygens (including phenoxy) is 1. The van der Waals surface area contributed by atoms with Gasteiger partial charge in [0.05, 0.1) is 19.2 Å². The highest BCUT2D eigenvalue weighted by atomic mass is 16.5. The third-order valence-corrected chi connectivity index (χ3v) is 3.06. The molecular weight excluding hydrogens is 216 g/mol. The topological polar surface area (TPSA) is 32.8 Å². The van der Waals surface area contributed by atoms with E-state index in [1.165, 1.54) is 0 Å². The monoisotopic (exact) mass is 242 g/mol. The van der Waals surface area contributed by atoms with Gasteiger partial charge in [0.1, 0.15) is 0 Å². The molecule has 0 bridgehead atoms. The Morgan fingerprint density at radius 3 is 2.06 bits per heavy atom. The molecule has 4 heteroatoms. The van der Waals surface area contributed by atoms with Crippen molar-refractivity contribution in [2.75, 3.05) is 39.5 Å².